The summed E-state index contributed by atoms with van der Waals surface area (Å²) in [5.74, 6) is 0.694. The molecule has 2 heterocycles. The first-order valence-corrected chi connectivity index (χ1v) is 29.0. The molecule has 79 heavy (non-hydrogen) atoms. The summed E-state index contributed by atoms with van der Waals surface area (Å²) < 4.78 is 95.2. The number of carbonyl (C=O) groups is 1. The average Bonchev–Trinajstić information content (AvgIpc) is 3.52. The van der Waals surface area contributed by atoms with Gasteiger partial charge < -0.3 is 42.2 Å². The number of hydrogen-bond donors (Lipinski definition) is 6. The van der Waals surface area contributed by atoms with E-state index in [0.29, 0.717) is 41.2 Å². The molecule has 2 aliphatic rings. The fourth-order valence-electron chi connectivity index (χ4n) is 8.80. The zero-order valence-electron chi connectivity index (χ0n) is 45.7. The van der Waals surface area contributed by atoms with Gasteiger partial charge in [0.15, 0.2) is 31.3 Å². The Labute approximate surface area is 470 Å². The van der Waals surface area contributed by atoms with Crippen LogP contribution in [-0.4, -0.2) is 85.5 Å². The quantitative estimate of drug-likeness (QED) is 0.0593. The van der Waals surface area contributed by atoms with E-state index in [1.165, 1.54) is 23.5 Å². The van der Waals surface area contributed by atoms with Gasteiger partial charge in [-0.1, -0.05) is 75.2 Å². The molecular weight excluding hydrogens is 1100 g/mol. The van der Waals surface area contributed by atoms with Crippen molar-refractivity contribution in [1.29, 1.82) is 0 Å². The topological polar surface area (TPSA) is 256 Å². The zero-order chi connectivity index (χ0) is 58.6. The van der Waals surface area contributed by atoms with E-state index in [-0.39, 0.29) is 66.3 Å². The smallest absolute Gasteiger partial charge is 0.449 e. The maximum absolute atomic E-state index is 12.9. The fourth-order valence-corrected chi connectivity index (χ4v) is 11.5. The van der Waals surface area contributed by atoms with Crippen LogP contribution in [-0.2, 0) is 48.1 Å². The molecule has 0 aliphatic heterocycles. The Morgan fingerprint density at radius 2 is 0.975 bits per heavy atom. The number of benzene rings is 4. The van der Waals surface area contributed by atoms with E-state index in [1.807, 2.05) is 24.3 Å². The number of Topliss-reactive ketones (excluding diaryl/α,β-unsaturated/α-hetero) is 1. The van der Waals surface area contributed by atoms with Crippen LogP contribution < -0.4 is 42.2 Å². The summed E-state index contributed by atoms with van der Waals surface area (Å²) in [5, 5.41) is 12.0. The Morgan fingerprint density at radius 3 is 1.29 bits per heavy atom. The molecule has 0 amide bonds. The molecule has 2 aliphatic carbocycles. The minimum atomic E-state index is -4.64. The Kier molecular flexibility index (Phi) is 19.3. The lowest BCUT2D eigenvalue weighted by molar-refractivity contribution is -0.168. The number of aromatic nitrogens is 4. The molecule has 426 valence electrons. The Balaban J connectivity index is 0.000000228. The number of methoxy groups -OCH3 is 2. The number of aryl methyl sites for hydroxylation is 2. The van der Waals surface area contributed by atoms with Crippen LogP contribution in [0.1, 0.15) is 97.4 Å². The molecule has 0 spiro atoms. The summed E-state index contributed by atoms with van der Waals surface area (Å²) in [7, 11) is -3.81. The van der Waals surface area contributed by atoms with Crippen LogP contribution in [0.3, 0.4) is 0 Å². The van der Waals surface area contributed by atoms with Crippen LogP contribution in [0.5, 0.6) is 11.5 Å². The lowest BCUT2D eigenvalue weighted by atomic mass is 9.69. The number of sulfone groups is 2. The number of nitrogens with two attached hydrogens (primary N) is 2. The highest BCUT2D eigenvalue weighted by Crippen LogP contribution is 2.44. The maximum atomic E-state index is 12.9. The summed E-state index contributed by atoms with van der Waals surface area (Å²) >= 11 is 12.8. The van der Waals surface area contributed by atoms with Gasteiger partial charge in [0.1, 0.15) is 21.5 Å². The van der Waals surface area contributed by atoms with E-state index < -0.39 is 42.1 Å². The number of hydrogen-bond acceptors (Lipinski definition) is 17. The van der Waals surface area contributed by atoms with Crippen molar-refractivity contribution in [2.45, 2.75) is 137 Å². The van der Waals surface area contributed by atoms with Gasteiger partial charge >= 0.3 is 6.18 Å². The van der Waals surface area contributed by atoms with Crippen molar-refractivity contribution >= 4 is 94.9 Å². The van der Waals surface area contributed by atoms with E-state index >= 15 is 0 Å². The number of para-hydroxylation sites is 2. The second-order valence-electron chi connectivity index (χ2n) is 20.7. The second-order valence-corrected chi connectivity index (χ2v) is 26.4. The van der Waals surface area contributed by atoms with Gasteiger partial charge in [0.25, 0.3) is 0 Å². The van der Waals surface area contributed by atoms with Crippen LogP contribution in [0.4, 0.5) is 59.5 Å². The third-order valence-corrected chi connectivity index (χ3v) is 19.0. The van der Waals surface area contributed by atoms with Gasteiger partial charge in [-0.25, -0.2) is 26.8 Å². The Bertz CT molecular complexity index is 3230. The van der Waals surface area contributed by atoms with Crippen molar-refractivity contribution in [2.24, 2.45) is 11.5 Å². The first-order valence-electron chi connectivity index (χ1n) is 25.1. The van der Waals surface area contributed by atoms with Gasteiger partial charge in [-0.3, -0.25) is 4.79 Å². The van der Waals surface area contributed by atoms with Crippen molar-refractivity contribution in [2.75, 3.05) is 35.5 Å². The number of anilines is 8. The van der Waals surface area contributed by atoms with E-state index in [9.17, 15) is 34.8 Å². The summed E-state index contributed by atoms with van der Waals surface area (Å²) in [6, 6.07) is 21.6. The van der Waals surface area contributed by atoms with Crippen molar-refractivity contribution in [1.82, 2.24) is 19.9 Å². The lowest BCUT2D eigenvalue weighted by Crippen LogP contribution is -2.44. The molecule has 4 aromatic carbocycles. The van der Waals surface area contributed by atoms with Gasteiger partial charge in [0.05, 0.1) is 69.7 Å². The third-order valence-electron chi connectivity index (χ3n) is 14.1. The minimum Gasteiger partial charge on any atom is -0.495 e. The molecule has 0 saturated heterocycles. The summed E-state index contributed by atoms with van der Waals surface area (Å²) in [6.07, 6.45) is 1.90. The predicted molar refractivity (Wildman–Crippen MR) is 306 cm³/mol. The SMILES string of the molecule is CC(=O)C(F)(F)F.COc1cc2c(cc1Nc1ncc(Cl)c(Nc3ccccc3S(=O)(=O)C(C)C)n1)C(C)(C)C(N)CC2.COc1cc2c(cc1Nc1ncc(Cl)c(Nc3ccccc3S(=O)(=O)C(C)C)n1)C(C)(C)C(N)CC2. The molecule has 0 radical (unpaired) electrons. The van der Waals surface area contributed by atoms with Gasteiger partial charge in [-0.15, -0.1) is 0 Å². The van der Waals surface area contributed by atoms with Crippen LogP contribution in [0.15, 0.2) is 95.0 Å². The number of halogens is 5. The number of carbonyl (C=O) groups excluding carboxylic acids is 1. The highest BCUT2D eigenvalue weighted by Gasteiger charge is 2.37. The molecule has 0 bridgehead atoms. The van der Waals surface area contributed by atoms with Crippen LogP contribution in [0, 0.1) is 0 Å². The van der Waals surface area contributed by atoms with Crippen LogP contribution >= 0.6 is 23.2 Å². The number of nitrogens with zero attached hydrogens (tertiary/aromatic N) is 4. The van der Waals surface area contributed by atoms with Crippen LogP contribution in [0.25, 0.3) is 0 Å². The number of rotatable bonds is 14. The molecule has 6 aromatic rings. The highest BCUT2D eigenvalue weighted by molar-refractivity contribution is 7.92. The molecular formula is C55H67Cl2F3N10O7S2. The molecule has 17 nitrogen and oxygen atoms in total. The molecule has 2 atom stereocenters. The molecule has 8 rings (SSSR count). The zero-order valence-corrected chi connectivity index (χ0v) is 48.9. The molecule has 0 fully saturated rings. The fraction of sp³-hybridized carbons (Fsp3) is 0.400. The monoisotopic (exact) mass is 1170 g/mol. The van der Waals surface area contributed by atoms with Crippen molar-refractivity contribution in [3.8, 4) is 11.5 Å². The Hall–Kier alpha value is -6.30. The number of alkyl halides is 3. The highest BCUT2D eigenvalue weighted by atomic mass is 35.5. The number of ketones is 1. The van der Waals surface area contributed by atoms with Gasteiger partial charge in [-0.05, 0) is 124 Å². The molecule has 0 saturated carbocycles. The molecule has 8 N–H and O–H groups in total. The van der Waals surface area contributed by atoms with Crippen molar-refractivity contribution < 1.29 is 44.3 Å². The largest absolute Gasteiger partial charge is 0.495 e. The van der Waals surface area contributed by atoms with Gasteiger partial charge in [0, 0.05) is 29.8 Å². The first kappa shape index (κ1) is 61.9. The van der Waals surface area contributed by atoms with Gasteiger partial charge in [0.2, 0.25) is 17.7 Å². The second kappa shape index (κ2) is 24.6. The van der Waals surface area contributed by atoms with Crippen molar-refractivity contribution in [3.05, 3.63) is 117 Å². The summed E-state index contributed by atoms with van der Waals surface area (Å²) in [5.41, 5.74) is 19.4. The van der Waals surface area contributed by atoms with E-state index in [2.05, 4.69) is 68.9 Å². The van der Waals surface area contributed by atoms with E-state index in [0.717, 1.165) is 36.8 Å². The number of fused-ring (bicyclic) bond motifs is 2. The molecule has 24 heteroatoms. The number of nitrogens with one attached hydrogen (secondary N) is 4. The normalized spacial score (nSPS) is 16.5. The van der Waals surface area contributed by atoms with E-state index in [4.69, 9.17) is 44.1 Å². The van der Waals surface area contributed by atoms with Crippen molar-refractivity contribution in [3.63, 3.8) is 0 Å². The maximum Gasteiger partial charge on any atom is 0.449 e. The summed E-state index contributed by atoms with van der Waals surface area (Å²) in [4.78, 5) is 27.4. The average molecular weight is 1170 g/mol. The van der Waals surface area contributed by atoms with E-state index in [1.54, 1.807) is 90.4 Å². The molecule has 2 unspecified atom stereocenters. The first-order chi connectivity index (χ1) is 36.8. The minimum absolute atomic E-state index is 0.0519. The summed E-state index contributed by atoms with van der Waals surface area (Å²) in [6.45, 7) is 15.7. The number of ether oxygens (including phenoxy) is 2. The molecule has 2 aromatic heterocycles. The standard InChI is InChI=1S/2C26H32ClN5O3S.C3H3F3O/c2*1-15(2)36(33,34)22-9-7-6-8-19(22)30-24-18(27)14-29-25(32-24)31-20-13-17-16(12-21(20)35-5)10-11-23(28)26(17,3)4;1-2(7)3(4,5)6/h2*6-9,12-15,23H,10-11,28H2,1-5H3,(H2,29,30,31,32);1H3. The lowest BCUT2D eigenvalue weighted by Gasteiger charge is -2.39. The van der Waals surface area contributed by atoms with Gasteiger partial charge in [-0.2, -0.15) is 23.1 Å². The predicted octanol–water partition coefficient (Wildman–Crippen LogP) is 11.9. The third kappa shape index (κ3) is 14.0. The van der Waals surface area contributed by atoms with Crippen LogP contribution in [0.2, 0.25) is 10.0 Å². The Morgan fingerprint density at radius 1 is 0.633 bits per heavy atom.